The number of hydrogen-bond acceptors (Lipinski definition) is 4. The Labute approximate surface area is 113 Å². The van der Waals surface area contributed by atoms with E-state index < -0.39 is 9.84 Å². The molecule has 1 fully saturated rings. The molecular formula is C13H19FN2O2S. The van der Waals surface area contributed by atoms with Gasteiger partial charge in [-0.15, -0.1) is 0 Å². The first kappa shape index (κ1) is 14.3. The lowest BCUT2D eigenvalue weighted by Crippen LogP contribution is -2.40. The number of hydrogen-bond donors (Lipinski definition) is 1. The quantitative estimate of drug-likeness (QED) is 0.898. The van der Waals surface area contributed by atoms with Crippen LogP contribution in [-0.2, 0) is 16.3 Å². The highest BCUT2D eigenvalue weighted by molar-refractivity contribution is 7.91. The fourth-order valence-electron chi connectivity index (χ4n) is 2.26. The van der Waals surface area contributed by atoms with Crippen LogP contribution in [0.3, 0.4) is 0 Å². The van der Waals surface area contributed by atoms with Gasteiger partial charge < -0.3 is 10.6 Å². The first-order valence-electron chi connectivity index (χ1n) is 6.37. The molecule has 1 aromatic rings. The number of sulfone groups is 1. The van der Waals surface area contributed by atoms with E-state index in [1.54, 1.807) is 11.0 Å². The van der Waals surface area contributed by atoms with Crippen LogP contribution < -0.4 is 10.6 Å². The highest BCUT2D eigenvalue weighted by atomic mass is 32.2. The van der Waals surface area contributed by atoms with E-state index in [1.807, 2.05) is 13.0 Å². The van der Waals surface area contributed by atoms with Gasteiger partial charge in [-0.3, -0.25) is 0 Å². The van der Waals surface area contributed by atoms with Gasteiger partial charge in [-0.25, -0.2) is 12.8 Å². The molecule has 1 aliphatic heterocycles. The van der Waals surface area contributed by atoms with Crippen LogP contribution >= 0.6 is 0 Å². The lowest BCUT2D eigenvalue weighted by atomic mass is 10.1. The minimum absolute atomic E-state index is 0.00891. The Balaban J connectivity index is 2.13. The van der Waals surface area contributed by atoms with E-state index in [0.29, 0.717) is 25.2 Å². The molecule has 2 rings (SSSR count). The second kappa shape index (κ2) is 5.46. The maximum Gasteiger partial charge on any atom is 0.153 e. The maximum atomic E-state index is 14.0. The average Bonchev–Trinajstić information content (AvgIpc) is 2.29. The molecule has 0 saturated carbocycles. The van der Waals surface area contributed by atoms with Crippen LogP contribution in [0.4, 0.5) is 10.1 Å². The van der Waals surface area contributed by atoms with E-state index in [0.717, 1.165) is 5.56 Å². The topological polar surface area (TPSA) is 63.4 Å². The molecule has 106 valence electrons. The van der Waals surface area contributed by atoms with E-state index >= 15 is 0 Å². The summed E-state index contributed by atoms with van der Waals surface area (Å²) in [6, 6.07) is 5.04. The zero-order valence-electron chi connectivity index (χ0n) is 11.0. The van der Waals surface area contributed by atoms with Gasteiger partial charge in [-0.1, -0.05) is 6.07 Å². The third kappa shape index (κ3) is 3.67. The summed E-state index contributed by atoms with van der Waals surface area (Å²) in [5.41, 5.74) is 7.02. The zero-order chi connectivity index (χ0) is 14.0. The summed E-state index contributed by atoms with van der Waals surface area (Å²) >= 11 is 0. The van der Waals surface area contributed by atoms with E-state index in [-0.39, 0.29) is 23.4 Å². The number of nitrogens with two attached hydrogens (primary N) is 1. The standard InChI is InChI=1S/C13H19FN2O2S/c1-10(15)8-11-2-3-13(12(14)9-11)16-4-6-19(17,18)7-5-16/h2-3,9-10H,4-8,15H2,1H3. The van der Waals surface area contributed by atoms with E-state index in [1.165, 1.54) is 6.07 Å². The Bertz CT molecular complexity index is 544. The lowest BCUT2D eigenvalue weighted by molar-refractivity contribution is 0.581. The van der Waals surface area contributed by atoms with Gasteiger partial charge in [0.15, 0.2) is 9.84 Å². The fraction of sp³-hybridized carbons (Fsp3) is 0.538. The third-order valence-corrected chi connectivity index (χ3v) is 4.86. The minimum Gasteiger partial charge on any atom is -0.367 e. The van der Waals surface area contributed by atoms with Gasteiger partial charge in [0.1, 0.15) is 5.82 Å². The molecule has 0 amide bonds. The Kier molecular flexibility index (Phi) is 4.10. The summed E-state index contributed by atoms with van der Waals surface area (Å²) in [6.45, 7) is 2.58. The van der Waals surface area contributed by atoms with Crippen LogP contribution in [0.5, 0.6) is 0 Å². The molecule has 2 N–H and O–H groups in total. The van der Waals surface area contributed by atoms with Crippen molar-refractivity contribution >= 4 is 15.5 Å². The van der Waals surface area contributed by atoms with Gasteiger partial charge in [-0.05, 0) is 31.0 Å². The maximum absolute atomic E-state index is 14.0. The van der Waals surface area contributed by atoms with Crippen molar-refractivity contribution < 1.29 is 12.8 Å². The second-order valence-electron chi connectivity index (χ2n) is 5.11. The number of rotatable bonds is 3. The average molecular weight is 286 g/mol. The summed E-state index contributed by atoms with van der Waals surface area (Å²) in [5.74, 6) is -0.125. The first-order valence-corrected chi connectivity index (χ1v) is 8.19. The molecule has 6 heteroatoms. The highest BCUT2D eigenvalue weighted by Gasteiger charge is 2.23. The summed E-state index contributed by atoms with van der Waals surface area (Å²) in [7, 11) is -2.94. The Morgan fingerprint density at radius 2 is 2.00 bits per heavy atom. The van der Waals surface area contributed by atoms with Crippen molar-refractivity contribution in [2.45, 2.75) is 19.4 Å². The summed E-state index contributed by atoms with van der Waals surface area (Å²) in [4.78, 5) is 1.78. The Hall–Kier alpha value is -1.14. The summed E-state index contributed by atoms with van der Waals surface area (Å²) < 4.78 is 36.8. The number of anilines is 1. The molecule has 0 aliphatic carbocycles. The molecule has 1 aromatic carbocycles. The molecule has 1 atom stereocenters. The van der Waals surface area contributed by atoms with Gasteiger partial charge in [0.05, 0.1) is 17.2 Å². The molecule has 1 heterocycles. The zero-order valence-corrected chi connectivity index (χ0v) is 11.8. The smallest absolute Gasteiger partial charge is 0.153 e. The number of benzene rings is 1. The molecule has 0 spiro atoms. The number of halogens is 1. The van der Waals surface area contributed by atoms with Gasteiger partial charge in [0.2, 0.25) is 0 Å². The van der Waals surface area contributed by atoms with E-state index in [2.05, 4.69) is 0 Å². The fourth-order valence-corrected chi connectivity index (χ4v) is 3.46. The number of nitrogens with zero attached hydrogens (tertiary/aromatic N) is 1. The third-order valence-electron chi connectivity index (χ3n) is 3.25. The molecule has 1 aliphatic rings. The molecule has 0 aromatic heterocycles. The highest BCUT2D eigenvalue weighted by Crippen LogP contribution is 2.22. The van der Waals surface area contributed by atoms with Crippen molar-refractivity contribution in [3.05, 3.63) is 29.6 Å². The van der Waals surface area contributed by atoms with Crippen LogP contribution in [0, 0.1) is 5.82 Å². The molecule has 19 heavy (non-hydrogen) atoms. The molecule has 0 bridgehead atoms. The molecular weight excluding hydrogens is 267 g/mol. The monoisotopic (exact) mass is 286 g/mol. The van der Waals surface area contributed by atoms with Crippen molar-refractivity contribution in [3.63, 3.8) is 0 Å². The summed E-state index contributed by atoms with van der Waals surface area (Å²) in [6.07, 6.45) is 0.631. The van der Waals surface area contributed by atoms with Crippen molar-refractivity contribution in [3.8, 4) is 0 Å². The molecule has 4 nitrogen and oxygen atoms in total. The van der Waals surface area contributed by atoms with Gasteiger partial charge in [0.25, 0.3) is 0 Å². The lowest BCUT2D eigenvalue weighted by Gasteiger charge is -2.29. The largest absolute Gasteiger partial charge is 0.367 e. The van der Waals surface area contributed by atoms with Crippen LogP contribution in [-0.4, -0.2) is 39.1 Å². The van der Waals surface area contributed by atoms with Crippen LogP contribution in [0.15, 0.2) is 18.2 Å². The van der Waals surface area contributed by atoms with Crippen molar-refractivity contribution in [1.29, 1.82) is 0 Å². The normalized spacial score (nSPS) is 20.3. The minimum atomic E-state index is -2.94. The van der Waals surface area contributed by atoms with Crippen molar-refractivity contribution in [2.75, 3.05) is 29.5 Å². The molecule has 1 saturated heterocycles. The van der Waals surface area contributed by atoms with E-state index in [9.17, 15) is 12.8 Å². The van der Waals surface area contributed by atoms with Crippen LogP contribution in [0.2, 0.25) is 0 Å². The van der Waals surface area contributed by atoms with Crippen molar-refractivity contribution in [2.24, 2.45) is 5.73 Å². The second-order valence-corrected chi connectivity index (χ2v) is 7.41. The predicted molar refractivity (Wildman–Crippen MR) is 74.6 cm³/mol. The van der Waals surface area contributed by atoms with E-state index in [4.69, 9.17) is 5.73 Å². The summed E-state index contributed by atoms with van der Waals surface area (Å²) in [5, 5.41) is 0. The van der Waals surface area contributed by atoms with Crippen molar-refractivity contribution in [1.82, 2.24) is 0 Å². The Morgan fingerprint density at radius 1 is 1.37 bits per heavy atom. The van der Waals surface area contributed by atoms with Crippen LogP contribution in [0.1, 0.15) is 12.5 Å². The van der Waals surface area contributed by atoms with Gasteiger partial charge in [0, 0.05) is 19.1 Å². The predicted octanol–water partition coefficient (Wildman–Crippen LogP) is 0.950. The first-order chi connectivity index (χ1) is 8.87. The van der Waals surface area contributed by atoms with Gasteiger partial charge in [-0.2, -0.15) is 0 Å². The molecule has 1 unspecified atom stereocenters. The SMILES string of the molecule is CC(N)Cc1ccc(N2CCS(=O)(=O)CC2)c(F)c1. The Morgan fingerprint density at radius 3 is 2.53 bits per heavy atom. The van der Waals surface area contributed by atoms with Gasteiger partial charge >= 0.3 is 0 Å². The molecule has 0 radical (unpaired) electrons. The van der Waals surface area contributed by atoms with Crippen LogP contribution in [0.25, 0.3) is 0 Å².